The zero-order valence-corrected chi connectivity index (χ0v) is 53.0. The molecule has 0 unspecified atom stereocenters. The Kier molecular flexibility index (Phi) is 40.0. The minimum absolute atomic E-state index is 0.00888. The second-order valence-electron chi connectivity index (χ2n) is 22.4. The van der Waals surface area contributed by atoms with Crippen molar-refractivity contribution in [3.8, 4) is 0 Å². The number of unbranched alkanes of at least 4 members (excludes halogenated alkanes) is 4. The molecule has 92 heavy (non-hydrogen) atoms. The van der Waals surface area contributed by atoms with Crippen molar-refractivity contribution in [2.45, 2.75) is 183 Å². The second kappa shape index (κ2) is 46.4. The summed E-state index contributed by atoms with van der Waals surface area (Å²) in [4.78, 5) is 140. The zero-order valence-electron chi connectivity index (χ0n) is 53.0. The van der Waals surface area contributed by atoms with Gasteiger partial charge in [0.15, 0.2) is 17.9 Å². The Morgan fingerprint density at radius 1 is 0.304 bits per heavy atom. The fourth-order valence-corrected chi connectivity index (χ4v) is 9.56. The maximum Gasteiger partial charge on any atom is 0.243 e. The Hall–Kier alpha value is -8.72. The number of benzene rings is 2. The van der Waals surface area contributed by atoms with Crippen LogP contribution in [-0.2, 0) is 56.0 Å². The SMILES string of the molecule is NCCCC[C@H](NC(=O)[C@H](CCCCN)NC(=O)[C@H](Cc1ccccc1)NC(=O)[C@H](CCCCN)NC(=O)[C@H](CCCN=C(N)N)NC(=O)[C@H](CCCN=C(N)N)NC(=O)[C@H](Cc1ccccc1)NC(=O)[C@H](CCCCN)NC(=O)[C@@H](N)CCCN=C(N)N)C(N)=O. The minimum Gasteiger partial charge on any atom is -0.370 e. The molecule has 2 aromatic rings. The monoisotopic (exact) mass is 1290 g/mol. The first-order valence-corrected chi connectivity index (χ1v) is 31.6. The minimum atomic E-state index is -1.43. The third-order valence-corrected chi connectivity index (χ3v) is 14.6. The molecule has 0 heterocycles. The van der Waals surface area contributed by atoms with Gasteiger partial charge in [0.1, 0.15) is 48.3 Å². The number of guanidine groups is 3. The van der Waals surface area contributed by atoms with Crippen molar-refractivity contribution in [3.05, 3.63) is 71.8 Å². The van der Waals surface area contributed by atoms with Gasteiger partial charge < -0.3 is 111 Å². The molecule has 32 N–H and O–H groups in total. The summed E-state index contributed by atoms with van der Waals surface area (Å²) in [5.74, 6) is -7.46. The van der Waals surface area contributed by atoms with E-state index in [1.165, 1.54) is 0 Å². The van der Waals surface area contributed by atoms with Crippen LogP contribution in [0.5, 0.6) is 0 Å². The number of nitrogens with two attached hydrogens (primary N) is 12. The molecule has 9 amide bonds. The number of hydrogen-bond donors (Lipinski definition) is 20. The summed E-state index contributed by atoms with van der Waals surface area (Å²) < 4.78 is 0. The third-order valence-electron chi connectivity index (χ3n) is 14.6. The quantitative estimate of drug-likeness (QED) is 0.0167. The van der Waals surface area contributed by atoms with Crippen LogP contribution >= 0.6 is 0 Å². The van der Waals surface area contributed by atoms with Gasteiger partial charge >= 0.3 is 0 Å². The van der Waals surface area contributed by atoms with E-state index in [4.69, 9.17) is 68.8 Å². The maximum absolute atomic E-state index is 14.8. The van der Waals surface area contributed by atoms with Crippen LogP contribution in [0.1, 0.15) is 127 Å². The van der Waals surface area contributed by atoms with Crippen LogP contribution in [0.25, 0.3) is 0 Å². The maximum atomic E-state index is 14.8. The third kappa shape index (κ3) is 33.9. The van der Waals surface area contributed by atoms with Crippen LogP contribution in [0.2, 0.25) is 0 Å². The topological polar surface area (TPSA) is 599 Å². The van der Waals surface area contributed by atoms with Gasteiger partial charge in [-0.25, -0.2) is 0 Å². The van der Waals surface area contributed by atoms with E-state index in [1.54, 1.807) is 60.7 Å². The molecule has 0 aromatic heterocycles. The van der Waals surface area contributed by atoms with E-state index < -0.39 is 108 Å². The first-order chi connectivity index (χ1) is 44.0. The van der Waals surface area contributed by atoms with E-state index >= 15 is 0 Å². The van der Waals surface area contributed by atoms with Gasteiger partial charge in [0.25, 0.3) is 0 Å². The molecule has 0 aliphatic heterocycles. The molecule has 0 spiro atoms. The lowest BCUT2D eigenvalue weighted by Gasteiger charge is -2.28. The first kappa shape index (κ1) is 79.4. The van der Waals surface area contributed by atoms with Gasteiger partial charge in [-0.1, -0.05) is 60.7 Å². The lowest BCUT2D eigenvalue weighted by Crippen LogP contribution is -2.60. The lowest BCUT2D eigenvalue weighted by molar-refractivity contribution is -0.136. The van der Waals surface area contributed by atoms with Gasteiger partial charge in [-0.3, -0.25) is 58.1 Å². The molecule has 0 saturated carbocycles. The van der Waals surface area contributed by atoms with E-state index in [0.717, 1.165) is 0 Å². The Bertz CT molecular complexity index is 2640. The summed E-state index contributed by atoms with van der Waals surface area (Å²) in [6, 6.07) is 6.12. The van der Waals surface area contributed by atoms with Gasteiger partial charge in [0, 0.05) is 32.5 Å². The highest BCUT2D eigenvalue weighted by atomic mass is 16.2. The van der Waals surface area contributed by atoms with Gasteiger partial charge in [-0.2, -0.15) is 0 Å². The summed E-state index contributed by atoms with van der Waals surface area (Å²) in [7, 11) is 0. The fourth-order valence-electron chi connectivity index (χ4n) is 9.56. The number of amides is 9. The van der Waals surface area contributed by atoms with Crippen molar-refractivity contribution in [2.24, 2.45) is 83.8 Å². The van der Waals surface area contributed by atoms with Crippen LogP contribution in [0.3, 0.4) is 0 Å². The number of carbonyl (C=O) groups is 9. The predicted octanol–water partition coefficient (Wildman–Crippen LogP) is -5.16. The van der Waals surface area contributed by atoms with Crippen molar-refractivity contribution < 1.29 is 43.2 Å². The van der Waals surface area contributed by atoms with Crippen molar-refractivity contribution >= 4 is 71.0 Å². The van der Waals surface area contributed by atoms with Crippen molar-refractivity contribution in [2.75, 3.05) is 45.8 Å². The molecule has 32 heteroatoms. The van der Waals surface area contributed by atoms with Crippen LogP contribution in [-0.4, -0.2) is 171 Å². The highest BCUT2D eigenvalue weighted by molar-refractivity contribution is 5.98. The van der Waals surface area contributed by atoms with E-state index in [2.05, 4.69) is 57.5 Å². The van der Waals surface area contributed by atoms with Crippen molar-refractivity contribution in [1.82, 2.24) is 42.5 Å². The number of nitrogens with zero attached hydrogens (tertiary/aromatic N) is 3. The number of rotatable bonds is 49. The van der Waals surface area contributed by atoms with E-state index in [1.807, 2.05) is 0 Å². The average Bonchev–Trinajstić information content (AvgIpc) is 1.06. The number of primary amides is 1. The molecule has 0 bridgehead atoms. The first-order valence-electron chi connectivity index (χ1n) is 31.6. The summed E-state index contributed by atoms with van der Waals surface area (Å²) in [6.07, 6.45) is 4.59. The molecular formula is C60H105N23O9. The number of nitrogens with one attached hydrogen (secondary N) is 8. The highest BCUT2D eigenvalue weighted by Gasteiger charge is 2.35. The molecule has 0 radical (unpaired) electrons. The Balaban J connectivity index is 2.64. The molecule has 2 aromatic carbocycles. The summed E-state index contributed by atoms with van der Waals surface area (Å²) in [6.45, 7) is 1.46. The van der Waals surface area contributed by atoms with Crippen LogP contribution in [0.15, 0.2) is 75.6 Å². The molecule has 2 rings (SSSR count). The molecule has 32 nitrogen and oxygen atoms in total. The summed E-state index contributed by atoms with van der Waals surface area (Å²) >= 11 is 0. The van der Waals surface area contributed by atoms with Crippen molar-refractivity contribution in [3.63, 3.8) is 0 Å². The van der Waals surface area contributed by atoms with Gasteiger partial charge in [0.2, 0.25) is 53.2 Å². The normalized spacial score (nSPS) is 13.9. The van der Waals surface area contributed by atoms with Crippen LogP contribution in [0.4, 0.5) is 0 Å². The average molecular weight is 1290 g/mol. The standard InChI is InChI=1S/C60H105N23O9/c61-29-11-7-23-41(49(66)84)76-51(86)43(25-9-13-31-63)80-56(91)47(36-38-18-3-1-4-19-38)83-55(90)44(26-10-14-32-64)78-52(87)45(27-16-34-74-59(69)70)79-53(88)46(28-17-35-75-60(71)72)81-57(92)48(37-39-20-5-2-6-21-39)82-54(89)42(24-8-12-30-62)77-50(85)40(65)22-15-33-73-58(67)68/h1-6,18-21,40-48H,7-17,22-37,61-65H2,(H2,66,84)(H,76,86)(H,77,85)(H,78,87)(H,79,88)(H,80,91)(H,81,92)(H,82,89)(H,83,90)(H4,67,68,73)(H4,69,70,74)(H4,71,72,75)/t40-,41-,42-,43-,44-,45-,46-,47-,48-/m0/s1. The Labute approximate surface area is 539 Å². The fraction of sp³-hybridized carbons (Fsp3) is 0.600. The molecule has 514 valence electrons. The predicted molar refractivity (Wildman–Crippen MR) is 354 cm³/mol. The number of hydrogen-bond acceptors (Lipinski definition) is 17. The van der Waals surface area contributed by atoms with Gasteiger partial charge in [-0.05, 0) is 153 Å². The summed E-state index contributed by atoms with van der Waals surface area (Å²) in [5.41, 5.74) is 69.6. The molecule has 9 atom stereocenters. The number of carbonyl (C=O) groups excluding carboxylic acids is 9. The second-order valence-corrected chi connectivity index (χ2v) is 22.4. The zero-order chi connectivity index (χ0) is 68.2. The lowest BCUT2D eigenvalue weighted by atomic mass is 10.0. The molecular weight excluding hydrogens is 1190 g/mol. The number of aliphatic imine (C=N–C) groups is 3. The van der Waals surface area contributed by atoms with Crippen molar-refractivity contribution in [1.29, 1.82) is 0 Å². The Morgan fingerprint density at radius 3 is 0.826 bits per heavy atom. The molecule has 0 aliphatic carbocycles. The molecule has 0 saturated heterocycles. The van der Waals surface area contributed by atoms with E-state index in [0.29, 0.717) is 88.5 Å². The van der Waals surface area contributed by atoms with E-state index in [9.17, 15) is 43.2 Å². The summed E-state index contributed by atoms with van der Waals surface area (Å²) in [5, 5.41) is 22.0. The Morgan fingerprint density at radius 2 is 0.543 bits per heavy atom. The molecule has 0 aliphatic rings. The van der Waals surface area contributed by atoms with Gasteiger partial charge in [0.05, 0.1) is 6.04 Å². The van der Waals surface area contributed by atoms with E-state index in [-0.39, 0.29) is 115 Å². The molecule has 0 fully saturated rings. The largest absolute Gasteiger partial charge is 0.370 e. The van der Waals surface area contributed by atoms with Crippen LogP contribution < -0.4 is 111 Å². The van der Waals surface area contributed by atoms with Gasteiger partial charge in [-0.15, -0.1) is 0 Å². The van der Waals surface area contributed by atoms with Crippen LogP contribution in [0, 0.1) is 0 Å². The highest BCUT2D eigenvalue weighted by Crippen LogP contribution is 2.13. The smallest absolute Gasteiger partial charge is 0.243 e.